The molecular formula is C15H18ClF3N2O2. The van der Waals surface area contributed by atoms with Crippen molar-refractivity contribution in [3.8, 4) is 0 Å². The second-order valence-corrected chi connectivity index (χ2v) is 5.72. The summed E-state index contributed by atoms with van der Waals surface area (Å²) in [6, 6.07) is 3.04. The molecule has 1 amide bonds. The smallest absolute Gasteiger partial charge is 0.383 e. The van der Waals surface area contributed by atoms with Crippen LogP contribution in [-0.2, 0) is 15.7 Å². The van der Waals surface area contributed by atoms with Crippen molar-refractivity contribution >= 4 is 23.2 Å². The number of alkyl halides is 3. The molecule has 1 aromatic rings. The molecule has 0 radical (unpaired) electrons. The minimum Gasteiger partial charge on any atom is -0.383 e. The molecule has 0 aliphatic carbocycles. The van der Waals surface area contributed by atoms with Crippen LogP contribution in [0.3, 0.4) is 0 Å². The number of benzene rings is 1. The van der Waals surface area contributed by atoms with Gasteiger partial charge in [-0.05, 0) is 31.0 Å². The monoisotopic (exact) mass is 350 g/mol. The number of nitrogens with one attached hydrogen (secondary N) is 2. The van der Waals surface area contributed by atoms with E-state index >= 15 is 0 Å². The van der Waals surface area contributed by atoms with E-state index in [9.17, 15) is 18.0 Å². The summed E-state index contributed by atoms with van der Waals surface area (Å²) in [6.45, 7) is 1.37. The molecule has 4 nitrogen and oxygen atoms in total. The van der Waals surface area contributed by atoms with Gasteiger partial charge in [-0.25, -0.2) is 0 Å². The highest BCUT2D eigenvalue weighted by Crippen LogP contribution is 2.33. The molecule has 1 heterocycles. The number of hydrogen-bond acceptors (Lipinski definition) is 3. The maximum Gasteiger partial charge on any atom is 0.416 e. The van der Waals surface area contributed by atoms with E-state index in [4.69, 9.17) is 16.3 Å². The minimum absolute atomic E-state index is 0.0600. The van der Waals surface area contributed by atoms with Gasteiger partial charge >= 0.3 is 6.18 Å². The Morgan fingerprint density at radius 2 is 2.17 bits per heavy atom. The first-order chi connectivity index (χ1) is 10.9. The standard InChI is InChI=1S/C15H18ClF3N2O2/c16-12-4-3-10(15(17,18)19)8-13(12)20-6-5-14(22)21-9-11-2-1-7-23-11/h3-4,8,11,20H,1-2,5-7,9H2,(H,21,22). The SMILES string of the molecule is O=C(CCNc1cc(C(F)(F)F)ccc1Cl)NCC1CCCO1. The van der Waals surface area contributed by atoms with Crippen molar-refractivity contribution in [1.29, 1.82) is 0 Å². The number of carbonyl (C=O) groups is 1. The van der Waals surface area contributed by atoms with E-state index in [2.05, 4.69) is 10.6 Å². The zero-order chi connectivity index (χ0) is 16.9. The van der Waals surface area contributed by atoms with Gasteiger partial charge in [0.25, 0.3) is 0 Å². The fraction of sp³-hybridized carbons (Fsp3) is 0.533. The van der Waals surface area contributed by atoms with Crippen LogP contribution in [0.15, 0.2) is 18.2 Å². The molecule has 23 heavy (non-hydrogen) atoms. The first-order valence-electron chi connectivity index (χ1n) is 7.35. The third-order valence-corrected chi connectivity index (χ3v) is 3.84. The Bertz CT molecular complexity index is 546. The number of amides is 1. The van der Waals surface area contributed by atoms with Gasteiger partial charge in [0.05, 0.1) is 22.4 Å². The van der Waals surface area contributed by atoms with Gasteiger partial charge in [0.15, 0.2) is 0 Å². The van der Waals surface area contributed by atoms with Crippen LogP contribution >= 0.6 is 11.6 Å². The lowest BCUT2D eigenvalue weighted by atomic mass is 10.2. The number of rotatable bonds is 6. The number of anilines is 1. The summed E-state index contributed by atoms with van der Waals surface area (Å²) in [5, 5.41) is 5.68. The Morgan fingerprint density at radius 1 is 1.39 bits per heavy atom. The average Bonchev–Trinajstić information content (AvgIpc) is 2.99. The molecule has 1 fully saturated rings. The predicted octanol–water partition coefficient (Wildman–Crippen LogP) is 3.46. The van der Waals surface area contributed by atoms with Gasteiger partial charge in [-0.2, -0.15) is 13.2 Å². The van der Waals surface area contributed by atoms with Crippen molar-refractivity contribution in [2.45, 2.75) is 31.5 Å². The van der Waals surface area contributed by atoms with Crippen LogP contribution in [0.25, 0.3) is 0 Å². The number of halogens is 4. The van der Waals surface area contributed by atoms with Gasteiger partial charge in [0.1, 0.15) is 0 Å². The number of carbonyl (C=O) groups excluding carboxylic acids is 1. The largest absolute Gasteiger partial charge is 0.416 e. The Balaban J connectivity index is 1.77. The van der Waals surface area contributed by atoms with E-state index < -0.39 is 11.7 Å². The third-order valence-electron chi connectivity index (χ3n) is 3.51. The van der Waals surface area contributed by atoms with Crippen molar-refractivity contribution in [3.05, 3.63) is 28.8 Å². The molecule has 2 N–H and O–H groups in total. The topological polar surface area (TPSA) is 50.4 Å². The van der Waals surface area contributed by atoms with E-state index in [1.165, 1.54) is 6.07 Å². The normalized spacial score (nSPS) is 18.0. The van der Waals surface area contributed by atoms with Gasteiger partial charge in [-0.3, -0.25) is 4.79 Å². The quantitative estimate of drug-likeness (QED) is 0.826. The van der Waals surface area contributed by atoms with Crippen LogP contribution in [-0.4, -0.2) is 31.7 Å². The molecule has 1 atom stereocenters. The first kappa shape index (κ1) is 17.9. The molecule has 1 aromatic carbocycles. The fourth-order valence-corrected chi connectivity index (χ4v) is 2.45. The number of ether oxygens (including phenoxy) is 1. The lowest BCUT2D eigenvalue weighted by Gasteiger charge is -2.13. The van der Waals surface area contributed by atoms with Crippen molar-refractivity contribution in [3.63, 3.8) is 0 Å². The lowest BCUT2D eigenvalue weighted by molar-refractivity contribution is -0.137. The van der Waals surface area contributed by atoms with Gasteiger partial charge in [-0.15, -0.1) is 0 Å². The van der Waals surface area contributed by atoms with Gasteiger partial charge in [0, 0.05) is 26.1 Å². The van der Waals surface area contributed by atoms with Crippen molar-refractivity contribution in [2.24, 2.45) is 0 Å². The molecular weight excluding hydrogens is 333 g/mol. The molecule has 0 bridgehead atoms. The molecule has 0 spiro atoms. The van der Waals surface area contributed by atoms with Crippen molar-refractivity contribution < 1.29 is 22.7 Å². The molecule has 2 rings (SSSR count). The van der Waals surface area contributed by atoms with Crippen LogP contribution in [0.5, 0.6) is 0 Å². The zero-order valence-corrected chi connectivity index (χ0v) is 13.1. The summed E-state index contributed by atoms with van der Waals surface area (Å²) in [4.78, 5) is 11.7. The molecule has 8 heteroatoms. The van der Waals surface area contributed by atoms with Crippen LogP contribution in [0.2, 0.25) is 5.02 Å². The summed E-state index contributed by atoms with van der Waals surface area (Å²) in [7, 11) is 0. The fourth-order valence-electron chi connectivity index (χ4n) is 2.27. The third kappa shape index (κ3) is 5.58. The van der Waals surface area contributed by atoms with Gasteiger partial charge in [0.2, 0.25) is 5.91 Å². The summed E-state index contributed by atoms with van der Waals surface area (Å²) in [6.07, 6.45) is -2.31. The lowest BCUT2D eigenvalue weighted by Crippen LogP contribution is -2.32. The van der Waals surface area contributed by atoms with E-state index in [0.29, 0.717) is 6.54 Å². The van der Waals surface area contributed by atoms with Crippen LogP contribution in [0.4, 0.5) is 18.9 Å². The summed E-state index contributed by atoms with van der Waals surface area (Å²) in [5.74, 6) is -0.184. The Morgan fingerprint density at radius 3 is 2.83 bits per heavy atom. The summed E-state index contributed by atoms with van der Waals surface area (Å²) in [5.41, 5.74) is -0.624. The summed E-state index contributed by atoms with van der Waals surface area (Å²) >= 11 is 5.86. The second-order valence-electron chi connectivity index (χ2n) is 5.31. The van der Waals surface area contributed by atoms with E-state index in [-0.39, 0.29) is 35.7 Å². The van der Waals surface area contributed by atoms with Crippen molar-refractivity contribution in [2.75, 3.05) is 25.0 Å². The summed E-state index contributed by atoms with van der Waals surface area (Å²) < 4.78 is 43.3. The number of hydrogen-bond donors (Lipinski definition) is 2. The van der Waals surface area contributed by atoms with Crippen LogP contribution < -0.4 is 10.6 Å². The average molecular weight is 351 g/mol. The molecule has 1 unspecified atom stereocenters. The highest BCUT2D eigenvalue weighted by molar-refractivity contribution is 6.33. The molecule has 1 aliphatic rings. The zero-order valence-electron chi connectivity index (χ0n) is 12.4. The Hall–Kier alpha value is -1.47. The maximum atomic E-state index is 12.7. The van der Waals surface area contributed by atoms with E-state index in [1.54, 1.807) is 0 Å². The molecule has 0 aromatic heterocycles. The predicted molar refractivity (Wildman–Crippen MR) is 81.5 cm³/mol. The Kier molecular flexibility index (Phi) is 6.12. The molecule has 0 saturated carbocycles. The second kappa shape index (κ2) is 7.88. The van der Waals surface area contributed by atoms with Crippen LogP contribution in [0, 0.1) is 0 Å². The minimum atomic E-state index is -4.43. The first-order valence-corrected chi connectivity index (χ1v) is 7.73. The Labute approximate surface area is 137 Å². The highest BCUT2D eigenvalue weighted by atomic mass is 35.5. The van der Waals surface area contributed by atoms with Crippen molar-refractivity contribution in [1.82, 2.24) is 5.32 Å². The van der Waals surface area contributed by atoms with Crippen LogP contribution in [0.1, 0.15) is 24.8 Å². The highest BCUT2D eigenvalue weighted by Gasteiger charge is 2.30. The maximum absolute atomic E-state index is 12.7. The van der Waals surface area contributed by atoms with E-state index in [0.717, 1.165) is 31.6 Å². The van der Waals surface area contributed by atoms with Gasteiger partial charge in [-0.1, -0.05) is 11.6 Å². The molecule has 1 aliphatic heterocycles. The van der Waals surface area contributed by atoms with Gasteiger partial charge < -0.3 is 15.4 Å². The van der Waals surface area contributed by atoms with E-state index in [1.807, 2.05) is 0 Å². The molecule has 128 valence electrons. The molecule has 1 saturated heterocycles.